The first-order valence-electron chi connectivity index (χ1n) is 7.35. The number of nitriles is 2. The highest BCUT2D eigenvalue weighted by Crippen LogP contribution is 2.58. The molecule has 0 aromatic heterocycles. The van der Waals surface area contributed by atoms with Crippen molar-refractivity contribution in [3.8, 4) is 12.1 Å². The molecule has 3 atom stereocenters. The summed E-state index contributed by atoms with van der Waals surface area (Å²) in [7, 11) is 0. The molecule has 0 aromatic carbocycles. The second-order valence-corrected chi connectivity index (χ2v) is 6.39. The van der Waals surface area contributed by atoms with E-state index in [2.05, 4.69) is 0 Å². The monoisotopic (exact) mass is 290 g/mol. The van der Waals surface area contributed by atoms with Crippen LogP contribution in [0.4, 0.5) is 0 Å². The summed E-state index contributed by atoms with van der Waals surface area (Å²) in [5.41, 5.74) is 5.13. The molecule has 1 heterocycles. The van der Waals surface area contributed by atoms with Gasteiger partial charge in [0.2, 0.25) is 5.91 Å². The Morgan fingerprint density at radius 1 is 1.33 bits per heavy atom. The van der Waals surface area contributed by atoms with Gasteiger partial charge in [0.1, 0.15) is 5.54 Å². The molecule has 0 aromatic rings. The van der Waals surface area contributed by atoms with E-state index in [1.807, 2.05) is 26.0 Å². The van der Waals surface area contributed by atoms with Gasteiger partial charge in [-0.25, -0.2) is 0 Å². The first kappa shape index (κ1) is 15.8. The molecular weight excluding hydrogens is 268 g/mol. The van der Waals surface area contributed by atoms with Crippen LogP contribution in [0.3, 0.4) is 0 Å². The van der Waals surface area contributed by atoms with Crippen molar-refractivity contribution in [2.45, 2.75) is 44.8 Å². The summed E-state index contributed by atoms with van der Waals surface area (Å²) in [6, 6.07) is 4.08. The van der Waals surface area contributed by atoms with E-state index >= 15 is 0 Å². The lowest BCUT2D eigenvalue weighted by atomic mass is 9.47. The number of amides is 1. The number of rotatable bonds is 5. The number of hydrogen-bond acceptors (Lipinski definition) is 5. The van der Waals surface area contributed by atoms with Gasteiger partial charge in [0.25, 0.3) is 0 Å². The van der Waals surface area contributed by atoms with Gasteiger partial charge in [-0.1, -0.05) is 13.8 Å². The van der Waals surface area contributed by atoms with Crippen molar-refractivity contribution in [2.75, 3.05) is 19.7 Å². The van der Waals surface area contributed by atoms with Crippen LogP contribution >= 0.6 is 0 Å². The maximum absolute atomic E-state index is 12.9. The Labute approximate surface area is 125 Å². The molecule has 3 unspecified atom stereocenters. The van der Waals surface area contributed by atoms with Gasteiger partial charge in [-0.15, -0.1) is 0 Å². The smallest absolute Gasteiger partial charge is 0.243 e. The normalized spacial score (nSPS) is 32.4. The van der Waals surface area contributed by atoms with E-state index in [1.165, 1.54) is 0 Å². The highest BCUT2D eigenvalue weighted by molar-refractivity contribution is 5.89. The summed E-state index contributed by atoms with van der Waals surface area (Å²) in [4.78, 5) is 14.5. The van der Waals surface area contributed by atoms with Gasteiger partial charge in [0, 0.05) is 31.0 Å². The van der Waals surface area contributed by atoms with Crippen molar-refractivity contribution in [3.63, 3.8) is 0 Å². The summed E-state index contributed by atoms with van der Waals surface area (Å²) in [5.74, 6) is -0.114. The fourth-order valence-corrected chi connectivity index (χ4v) is 3.76. The molecule has 0 spiro atoms. The topological polar surface area (TPSA) is 103 Å². The average Bonchev–Trinajstić information content (AvgIpc) is 2.94. The second kappa shape index (κ2) is 5.63. The lowest BCUT2D eigenvalue weighted by Gasteiger charge is -2.61. The standard InChI is InChI=1S/C15H22N4O2/c1-14(2)12-11(5-10-21-12)15(14,18)13(20)19(8-3-6-16)9-4-7-17/h11-12H,3-5,8-10,18H2,1-2H3. The van der Waals surface area contributed by atoms with E-state index in [0.29, 0.717) is 19.7 Å². The maximum atomic E-state index is 12.9. The first-order valence-corrected chi connectivity index (χ1v) is 7.35. The fourth-order valence-electron chi connectivity index (χ4n) is 3.76. The summed E-state index contributed by atoms with van der Waals surface area (Å²) in [6.07, 6.45) is 1.32. The Morgan fingerprint density at radius 3 is 2.43 bits per heavy atom. The van der Waals surface area contributed by atoms with Crippen LogP contribution in [0.5, 0.6) is 0 Å². The van der Waals surface area contributed by atoms with Crippen LogP contribution in [0.1, 0.15) is 33.1 Å². The Kier molecular flexibility index (Phi) is 4.22. The van der Waals surface area contributed by atoms with Crippen molar-refractivity contribution < 1.29 is 9.53 Å². The van der Waals surface area contributed by atoms with E-state index < -0.39 is 11.0 Å². The van der Waals surface area contributed by atoms with Gasteiger partial charge in [-0.2, -0.15) is 10.5 Å². The molecule has 2 N–H and O–H groups in total. The molecular formula is C15H22N4O2. The number of ether oxygens (including phenoxy) is 1. The van der Waals surface area contributed by atoms with Crippen molar-refractivity contribution in [1.29, 1.82) is 10.5 Å². The van der Waals surface area contributed by atoms with E-state index in [4.69, 9.17) is 21.0 Å². The molecule has 2 aliphatic rings. The minimum Gasteiger partial charge on any atom is -0.377 e. The number of carbonyl (C=O) groups excluding carboxylic acids is 1. The van der Waals surface area contributed by atoms with E-state index in [9.17, 15) is 4.79 Å². The van der Waals surface area contributed by atoms with E-state index in [0.717, 1.165) is 6.42 Å². The van der Waals surface area contributed by atoms with Crippen LogP contribution in [-0.4, -0.2) is 42.1 Å². The highest BCUT2D eigenvalue weighted by atomic mass is 16.5. The van der Waals surface area contributed by atoms with Gasteiger partial charge in [-0.05, 0) is 6.42 Å². The molecule has 1 aliphatic heterocycles. The third-order valence-electron chi connectivity index (χ3n) is 5.08. The van der Waals surface area contributed by atoms with Gasteiger partial charge in [0.15, 0.2) is 0 Å². The maximum Gasteiger partial charge on any atom is 0.243 e. The van der Waals surface area contributed by atoms with Gasteiger partial charge >= 0.3 is 0 Å². The molecule has 0 bridgehead atoms. The van der Waals surface area contributed by atoms with Crippen molar-refractivity contribution in [1.82, 2.24) is 4.90 Å². The lowest BCUT2D eigenvalue weighted by molar-refractivity contribution is -0.184. The average molecular weight is 290 g/mol. The Balaban J connectivity index is 2.19. The third-order valence-corrected chi connectivity index (χ3v) is 5.08. The summed E-state index contributed by atoms with van der Waals surface area (Å²) >= 11 is 0. The molecule has 1 aliphatic carbocycles. The molecule has 21 heavy (non-hydrogen) atoms. The van der Waals surface area contributed by atoms with Crippen LogP contribution in [0.25, 0.3) is 0 Å². The molecule has 6 heteroatoms. The highest BCUT2D eigenvalue weighted by Gasteiger charge is 2.71. The van der Waals surface area contributed by atoms with E-state index in [-0.39, 0.29) is 30.8 Å². The van der Waals surface area contributed by atoms with Crippen LogP contribution in [0.15, 0.2) is 0 Å². The van der Waals surface area contributed by atoms with Crippen LogP contribution in [0.2, 0.25) is 0 Å². The van der Waals surface area contributed by atoms with Crippen LogP contribution in [0, 0.1) is 34.0 Å². The van der Waals surface area contributed by atoms with Crippen molar-refractivity contribution >= 4 is 5.91 Å². The number of fused-ring (bicyclic) bond motifs is 1. The Hall–Kier alpha value is -1.63. The number of carbonyl (C=O) groups is 1. The number of hydrogen-bond donors (Lipinski definition) is 1. The third kappa shape index (κ3) is 2.19. The fraction of sp³-hybridized carbons (Fsp3) is 0.800. The van der Waals surface area contributed by atoms with Crippen LogP contribution < -0.4 is 5.73 Å². The second-order valence-electron chi connectivity index (χ2n) is 6.39. The van der Waals surface area contributed by atoms with Crippen molar-refractivity contribution in [2.24, 2.45) is 17.1 Å². The molecule has 0 radical (unpaired) electrons. The van der Waals surface area contributed by atoms with Crippen molar-refractivity contribution in [3.05, 3.63) is 0 Å². The summed E-state index contributed by atoms with van der Waals surface area (Å²) in [6.45, 7) is 5.21. The SMILES string of the molecule is CC1(C)C2OCCC2C1(N)C(=O)N(CCC#N)CCC#N. The Bertz CT molecular complexity index is 487. The molecule has 2 rings (SSSR count). The zero-order valence-corrected chi connectivity index (χ0v) is 12.6. The predicted molar refractivity (Wildman–Crippen MR) is 75.6 cm³/mol. The zero-order valence-electron chi connectivity index (χ0n) is 12.6. The lowest BCUT2D eigenvalue weighted by Crippen LogP contribution is -2.80. The summed E-state index contributed by atoms with van der Waals surface area (Å²) < 4.78 is 5.70. The van der Waals surface area contributed by atoms with Crippen LogP contribution in [-0.2, 0) is 9.53 Å². The summed E-state index contributed by atoms with van der Waals surface area (Å²) in [5, 5.41) is 17.5. The Morgan fingerprint density at radius 2 is 1.90 bits per heavy atom. The minimum atomic E-state index is -0.959. The molecule has 114 valence electrons. The number of nitrogens with zero attached hydrogens (tertiary/aromatic N) is 3. The quantitative estimate of drug-likeness (QED) is 0.806. The molecule has 6 nitrogen and oxygen atoms in total. The largest absolute Gasteiger partial charge is 0.377 e. The van der Waals surface area contributed by atoms with Gasteiger partial charge < -0.3 is 15.4 Å². The van der Waals surface area contributed by atoms with E-state index in [1.54, 1.807) is 4.90 Å². The predicted octanol–water partition coefficient (Wildman–Crippen LogP) is 0.785. The zero-order chi connectivity index (χ0) is 15.7. The molecule has 1 saturated heterocycles. The number of nitrogens with two attached hydrogens (primary N) is 1. The molecule has 2 fully saturated rings. The molecule has 1 amide bonds. The van der Waals surface area contributed by atoms with Gasteiger partial charge in [0.05, 0.1) is 31.1 Å². The van der Waals surface area contributed by atoms with Gasteiger partial charge in [-0.3, -0.25) is 4.79 Å². The minimum absolute atomic E-state index is 0.0280. The molecule has 1 saturated carbocycles. The first-order chi connectivity index (χ1) is 9.91.